The van der Waals surface area contributed by atoms with Crippen molar-refractivity contribution in [1.29, 1.82) is 0 Å². The molecule has 0 aliphatic carbocycles. The molecule has 2 aromatic rings. The van der Waals surface area contributed by atoms with E-state index in [1.54, 1.807) is 0 Å². The number of aliphatic carboxylic acids is 1. The van der Waals surface area contributed by atoms with Gasteiger partial charge in [-0.05, 0) is 23.8 Å². The Labute approximate surface area is 144 Å². The van der Waals surface area contributed by atoms with Crippen LogP contribution >= 0.6 is 0 Å². The van der Waals surface area contributed by atoms with E-state index in [0.717, 1.165) is 10.6 Å². The van der Waals surface area contributed by atoms with Gasteiger partial charge in [0.15, 0.2) is 0 Å². The van der Waals surface area contributed by atoms with Gasteiger partial charge in [-0.25, -0.2) is 10.6 Å². The molecule has 2 rings (SSSR count). The number of carboxylic acid groups (broad SMARTS) is 1. The minimum absolute atomic E-state index is 0.124. The highest BCUT2D eigenvalue weighted by Gasteiger charge is 2.16. The Morgan fingerprint density at radius 3 is 2.36 bits per heavy atom. The second-order valence-electron chi connectivity index (χ2n) is 5.28. The van der Waals surface area contributed by atoms with Crippen molar-refractivity contribution in [1.82, 2.24) is 5.01 Å². The molecule has 0 unspecified atom stereocenters. The van der Waals surface area contributed by atoms with Crippen LogP contribution in [0.25, 0.3) is 0 Å². The van der Waals surface area contributed by atoms with E-state index in [0.29, 0.717) is 0 Å². The topological polar surface area (TPSA) is 110 Å². The molecule has 3 N–H and O–H groups in total. The highest BCUT2D eigenvalue weighted by Crippen LogP contribution is 2.10. The first kappa shape index (κ1) is 18.2. The maximum atomic E-state index is 12.2. The summed E-state index contributed by atoms with van der Waals surface area (Å²) in [7, 11) is 0. The van der Waals surface area contributed by atoms with Gasteiger partial charge < -0.3 is 9.84 Å². The standard InChI is InChI=1S/C18H18N2O5/c19-20(10-9-16(21)22)17(23)14-7-4-8-15(11-14)18(24)25-12-13-5-2-1-3-6-13/h1-8,11H,9-10,12,19H2,(H,21,22). The van der Waals surface area contributed by atoms with E-state index in [2.05, 4.69) is 0 Å². The average molecular weight is 342 g/mol. The Bertz CT molecular complexity index is 761. The minimum Gasteiger partial charge on any atom is -0.481 e. The molecule has 0 aliphatic rings. The number of ether oxygens (including phenoxy) is 1. The highest BCUT2D eigenvalue weighted by molar-refractivity contribution is 5.97. The third kappa shape index (κ3) is 5.43. The molecule has 0 aliphatic heterocycles. The fraction of sp³-hybridized carbons (Fsp3) is 0.167. The number of benzene rings is 2. The number of carbonyl (C=O) groups excluding carboxylic acids is 2. The molecule has 130 valence electrons. The summed E-state index contributed by atoms with van der Waals surface area (Å²) in [6.45, 7) is -0.00365. The highest BCUT2D eigenvalue weighted by atomic mass is 16.5. The van der Waals surface area contributed by atoms with Crippen molar-refractivity contribution in [2.24, 2.45) is 5.84 Å². The third-order valence-electron chi connectivity index (χ3n) is 3.39. The van der Waals surface area contributed by atoms with Crippen LogP contribution < -0.4 is 5.84 Å². The largest absolute Gasteiger partial charge is 0.481 e. The van der Waals surface area contributed by atoms with Gasteiger partial charge in [0.25, 0.3) is 5.91 Å². The van der Waals surface area contributed by atoms with Crippen molar-refractivity contribution in [3.63, 3.8) is 0 Å². The first-order valence-electron chi connectivity index (χ1n) is 7.57. The molecule has 0 fully saturated rings. The van der Waals surface area contributed by atoms with Crippen molar-refractivity contribution in [2.45, 2.75) is 13.0 Å². The molecule has 0 bridgehead atoms. The predicted octanol–water partition coefficient (Wildman–Crippen LogP) is 1.83. The molecule has 0 aromatic heterocycles. The number of hydrogen-bond donors (Lipinski definition) is 2. The SMILES string of the molecule is NN(CCC(=O)O)C(=O)c1cccc(C(=O)OCc2ccccc2)c1. The normalized spacial score (nSPS) is 10.1. The molecule has 0 radical (unpaired) electrons. The van der Waals surface area contributed by atoms with Crippen LogP contribution in [0.5, 0.6) is 0 Å². The van der Waals surface area contributed by atoms with Crippen molar-refractivity contribution in [2.75, 3.05) is 6.54 Å². The third-order valence-corrected chi connectivity index (χ3v) is 3.39. The first-order chi connectivity index (χ1) is 12.0. The lowest BCUT2D eigenvalue weighted by Gasteiger charge is -2.15. The lowest BCUT2D eigenvalue weighted by Crippen LogP contribution is -2.39. The number of amides is 1. The fourth-order valence-corrected chi connectivity index (χ4v) is 2.07. The average Bonchev–Trinajstić information content (AvgIpc) is 2.64. The summed E-state index contributed by atoms with van der Waals surface area (Å²) in [5.74, 6) is 3.38. The minimum atomic E-state index is -1.05. The van der Waals surface area contributed by atoms with Gasteiger partial charge in [0, 0.05) is 12.1 Å². The van der Waals surface area contributed by atoms with E-state index in [-0.39, 0.29) is 30.7 Å². The number of hydrogen-bond acceptors (Lipinski definition) is 5. The van der Waals surface area contributed by atoms with Crippen LogP contribution in [0, 0.1) is 0 Å². The summed E-state index contributed by atoms with van der Waals surface area (Å²) in [5.41, 5.74) is 1.25. The monoisotopic (exact) mass is 342 g/mol. The molecule has 0 spiro atoms. The Kier molecular flexibility index (Phi) is 6.25. The Balaban J connectivity index is 2.01. The number of nitrogens with zero attached hydrogens (tertiary/aromatic N) is 1. The molecule has 1 amide bonds. The zero-order valence-corrected chi connectivity index (χ0v) is 13.4. The van der Waals surface area contributed by atoms with Crippen LogP contribution in [0.3, 0.4) is 0 Å². The molecule has 0 heterocycles. The summed E-state index contributed by atoms with van der Waals surface area (Å²) < 4.78 is 5.22. The molecular weight excluding hydrogens is 324 g/mol. The number of nitrogens with two attached hydrogens (primary N) is 1. The zero-order chi connectivity index (χ0) is 18.2. The van der Waals surface area contributed by atoms with Crippen molar-refractivity contribution < 1.29 is 24.2 Å². The van der Waals surface area contributed by atoms with Crippen molar-refractivity contribution in [3.05, 3.63) is 71.3 Å². The molecule has 0 atom stereocenters. The maximum Gasteiger partial charge on any atom is 0.338 e. The predicted molar refractivity (Wildman–Crippen MR) is 89.5 cm³/mol. The molecule has 7 nitrogen and oxygen atoms in total. The van der Waals surface area contributed by atoms with Gasteiger partial charge in [-0.3, -0.25) is 14.6 Å². The van der Waals surface area contributed by atoms with Gasteiger partial charge in [-0.15, -0.1) is 0 Å². The molecule has 2 aromatic carbocycles. The number of carboxylic acids is 1. The summed E-state index contributed by atoms with van der Waals surface area (Å²) >= 11 is 0. The number of hydrazine groups is 1. The van der Waals surface area contributed by atoms with Gasteiger partial charge >= 0.3 is 11.9 Å². The fourth-order valence-electron chi connectivity index (χ4n) is 2.07. The van der Waals surface area contributed by atoms with Gasteiger partial charge in [-0.2, -0.15) is 0 Å². The molecule has 0 saturated carbocycles. The molecule has 25 heavy (non-hydrogen) atoms. The molecular formula is C18H18N2O5. The second kappa shape index (κ2) is 8.60. The van der Waals surface area contributed by atoms with Gasteiger partial charge in [0.1, 0.15) is 6.61 Å². The van der Waals surface area contributed by atoms with Crippen LogP contribution in [0.2, 0.25) is 0 Å². The van der Waals surface area contributed by atoms with E-state index < -0.39 is 17.8 Å². The Morgan fingerprint density at radius 2 is 1.68 bits per heavy atom. The summed E-state index contributed by atoms with van der Waals surface area (Å²) in [6, 6.07) is 15.2. The van der Waals surface area contributed by atoms with Crippen LogP contribution in [0.1, 0.15) is 32.7 Å². The smallest absolute Gasteiger partial charge is 0.338 e. The van der Waals surface area contributed by atoms with Crippen LogP contribution in [0.4, 0.5) is 0 Å². The Hall–Kier alpha value is -3.19. The van der Waals surface area contributed by atoms with Crippen molar-refractivity contribution in [3.8, 4) is 0 Å². The van der Waals surface area contributed by atoms with E-state index in [1.807, 2.05) is 30.3 Å². The van der Waals surface area contributed by atoms with Crippen LogP contribution in [0.15, 0.2) is 54.6 Å². The van der Waals surface area contributed by atoms with E-state index in [9.17, 15) is 14.4 Å². The van der Waals surface area contributed by atoms with E-state index in [4.69, 9.17) is 15.7 Å². The zero-order valence-electron chi connectivity index (χ0n) is 13.4. The number of carbonyl (C=O) groups is 3. The molecule has 7 heteroatoms. The van der Waals surface area contributed by atoms with Gasteiger partial charge in [0.2, 0.25) is 0 Å². The van der Waals surface area contributed by atoms with E-state index in [1.165, 1.54) is 24.3 Å². The Morgan fingerprint density at radius 1 is 1.00 bits per heavy atom. The second-order valence-corrected chi connectivity index (χ2v) is 5.28. The number of rotatable bonds is 7. The van der Waals surface area contributed by atoms with Gasteiger partial charge in [0.05, 0.1) is 12.0 Å². The van der Waals surface area contributed by atoms with Crippen LogP contribution in [-0.4, -0.2) is 34.5 Å². The van der Waals surface area contributed by atoms with E-state index >= 15 is 0 Å². The summed E-state index contributed by atoms with van der Waals surface area (Å²) in [6.07, 6.45) is -0.263. The first-order valence-corrected chi connectivity index (χ1v) is 7.57. The van der Waals surface area contributed by atoms with Gasteiger partial charge in [-0.1, -0.05) is 36.4 Å². The molecule has 0 saturated heterocycles. The quantitative estimate of drug-likeness (QED) is 0.344. The van der Waals surface area contributed by atoms with Crippen molar-refractivity contribution >= 4 is 17.8 Å². The lowest BCUT2D eigenvalue weighted by molar-refractivity contribution is -0.137. The van der Waals surface area contributed by atoms with Crippen LogP contribution in [-0.2, 0) is 16.1 Å². The summed E-state index contributed by atoms with van der Waals surface area (Å²) in [4.78, 5) is 34.8. The maximum absolute atomic E-state index is 12.2. The summed E-state index contributed by atoms with van der Waals surface area (Å²) in [5, 5.41) is 9.44. The lowest BCUT2D eigenvalue weighted by atomic mass is 10.1. The number of esters is 1.